The molecule has 8 heteroatoms. The topological polar surface area (TPSA) is 51.5 Å². The van der Waals surface area contributed by atoms with Crippen molar-refractivity contribution in [1.29, 1.82) is 0 Å². The van der Waals surface area contributed by atoms with Gasteiger partial charge in [-0.15, -0.1) is 11.8 Å². The third kappa shape index (κ3) is 4.46. The molecule has 0 radical (unpaired) electrons. The summed E-state index contributed by atoms with van der Waals surface area (Å²) in [5, 5.41) is 0.982. The molecule has 0 N–H and O–H groups in total. The van der Waals surface area contributed by atoms with Gasteiger partial charge in [-0.3, -0.25) is 0 Å². The second kappa shape index (κ2) is 10.7. The van der Waals surface area contributed by atoms with Gasteiger partial charge in [0.05, 0.1) is 23.6 Å². The van der Waals surface area contributed by atoms with Crippen LogP contribution >= 0.6 is 24.0 Å². The van der Waals surface area contributed by atoms with Crippen LogP contribution in [0.3, 0.4) is 0 Å². The first-order valence-electron chi connectivity index (χ1n) is 13.6. The van der Waals surface area contributed by atoms with Crippen LogP contribution in [0, 0.1) is 5.41 Å². The van der Waals surface area contributed by atoms with Gasteiger partial charge in [-0.25, -0.2) is 12.4 Å². The van der Waals surface area contributed by atoms with E-state index >= 15 is 0 Å². The van der Waals surface area contributed by atoms with Crippen molar-refractivity contribution in [3.05, 3.63) is 102 Å². The number of aromatic nitrogens is 1. The third-order valence-corrected chi connectivity index (χ3v) is 11.5. The molecule has 1 aliphatic heterocycles. The highest BCUT2D eigenvalue weighted by atomic mass is 32.2. The van der Waals surface area contributed by atoms with E-state index in [0.717, 1.165) is 46.8 Å². The number of hydrogen-bond acceptors (Lipinski definition) is 5. The van der Waals surface area contributed by atoms with Crippen LogP contribution in [0.25, 0.3) is 10.9 Å². The summed E-state index contributed by atoms with van der Waals surface area (Å²) in [5.41, 5.74) is 2.56. The summed E-state index contributed by atoms with van der Waals surface area (Å²) in [6, 6.07) is 24.9. The van der Waals surface area contributed by atoms with Crippen molar-refractivity contribution in [3.63, 3.8) is 0 Å². The van der Waals surface area contributed by atoms with E-state index in [0.29, 0.717) is 17.7 Å². The van der Waals surface area contributed by atoms with Crippen molar-refractivity contribution < 1.29 is 13.2 Å². The van der Waals surface area contributed by atoms with Gasteiger partial charge in [0, 0.05) is 39.3 Å². The van der Waals surface area contributed by atoms with Gasteiger partial charge >= 0.3 is 0 Å². The maximum Gasteiger partial charge on any atom is 0.268 e. The van der Waals surface area contributed by atoms with Crippen LogP contribution in [0.2, 0.25) is 0 Å². The molecule has 0 fully saturated rings. The number of fused-ring (bicyclic) bond motifs is 5. The fourth-order valence-electron chi connectivity index (χ4n) is 6.34. The van der Waals surface area contributed by atoms with Crippen LogP contribution in [-0.2, 0) is 16.4 Å². The molecule has 4 aromatic rings. The van der Waals surface area contributed by atoms with Gasteiger partial charge in [-0.1, -0.05) is 61.6 Å². The molecular formula is C32H32N2O3S3. The number of hydrogen-bond donors (Lipinski definition) is 0. The van der Waals surface area contributed by atoms with Crippen molar-refractivity contribution in [3.8, 4) is 5.75 Å². The lowest BCUT2D eigenvalue weighted by Crippen LogP contribution is -2.48. The third-order valence-electron chi connectivity index (χ3n) is 8.37. The largest absolute Gasteiger partial charge is 0.497 e. The van der Waals surface area contributed by atoms with E-state index in [9.17, 15) is 8.42 Å². The lowest BCUT2D eigenvalue weighted by Gasteiger charge is -2.51. The Labute approximate surface area is 245 Å². The summed E-state index contributed by atoms with van der Waals surface area (Å²) < 4.78 is 35.3. The Bertz CT molecular complexity index is 1690. The molecule has 3 aromatic carbocycles. The van der Waals surface area contributed by atoms with Crippen LogP contribution in [-0.4, -0.2) is 41.7 Å². The fourth-order valence-corrected chi connectivity index (χ4v) is 9.07. The number of nitrogens with zero attached hydrogens (tertiary/aromatic N) is 2. The summed E-state index contributed by atoms with van der Waals surface area (Å²) in [5.74, 6) is 1.50. The van der Waals surface area contributed by atoms with Crippen molar-refractivity contribution in [1.82, 2.24) is 8.87 Å². The summed E-state index contributed by atoms with van der Waals surface area (Å²) >= 11 is 7.77. The van der Waals surface area contributed by atoms with Crippen LogP contribution in [0.15, 0.2) is 101 Å². The molecule has 0 spiro atoms. The number of ether oxygens (including phenoxy) is 1. The fraction of sp³-hybridized carbons (Fsp3) is 0.281. The van der Waals surface area contributed by atoms with Crippen LogP contribution in [0.4, 0.5) is 0 Å². The van der Waals surface area contributed by atoms with Gasteiger partial charge in [0.1, 0.15) is 10.7 Å². The molecule has 6 rings (SSSR count). The van der Waals surface area contributed by atoms with E-state index in [-0.39, 0.29) is 16.4 Å². The normalized spacial score (nSPS) is 20.4. The minimum atomic E-state index is -3.85. The summed E-state index contributed by atoms with van der Waals surface area (Å²) in [6.07, 6.45) is 6.88. The Morgan fingerprint density at radius 2 is 1.75 bits per heavy atom. The molecule has 0 saturated heterocycles. The molecule has 2 atom stereocenters. The first kappa shape index (κ1) is 27.1. The monoisotopic (exact) mass is 588 g/mol. The maximum atomic E-state index is 14.2. The highest BCUT2D eigenvalue weighted by Crippen LogP contribution is 2.55. The molecule has 1 aliphatic carbocycles. The predicted molar refractivity (Wildman–Crippen MR) is 167 cm³/mol. The first-order valence-corrected chi connectivity index (χ1v) is 16.4. The quantitative estimate of drug-likeness (QED) is 0.160. The van der Waals surface area contributed by atoms with E-state index < -0.39 is 10.0 Å². The average Bonchev–Trinajstić information content (AvgIpc) is 3.34. The zero-order valence-corrected chi connectivity index (χ0v) is 25.1. The Morgan fingerprint density at radius 3 is 2.48 bits per heavy atom. The maximum absolute atomic E-state index is 14.2. The molecule has 0 amide bonds. The molecule has 40 heavy (non-hydrogen) atoms. The standard InChI is InChI=1S/C32H32N2O3S3/c1-3-32-19-17-28-30(31(32)33(29(38)18-20-32)21-22-39-24-9-5-4-6-10-24)26-11-7-8-12-27(26)34(28)40(35,36)25-15-13-23(37-2)14-16-25/h4-16,18,20,31H,3,17,19,21-22H2,1-2H3/t31-,32+/m1/s1. The number of methoxy groups -OCH3 is 1. The zero-order chi connectivity index (χ0) is 27.9. The van der Waals surface area contributed by atoms with E-state index in [4.69, 9.17) is 17.0 Å². The minimum absolute atomic E-state index is 0.0349. The molecule has 0 saturated carbocycles. The molecular weight excluding hydrogens is 557 g/mol. The summed E-state index contributed by atoms with van der Waals surface area (Å²) in [7, 11) is -2.27. The second-order valence-corrected chi connectivity index (χ2v) is 13.7. The second-order valence-electron chi connectivity index (χ2n) is 10.3. The Morgan fingerprint density at radius 1 is 1.02 bits per heavy atom. The molecule has 2 aliphatic rings. The zero-order valence-electron chi connectivity index (χ0n) is 22.6. The number of rotatable bonds is 8. The lowest BCUT2D eigenvalue weighted by molar-refractivity contribution is 0.133. The molecule has 1 aromatic heterocycles. The highest BCUT2D eigenvalue weighted by molar-refractivity contribution is 7.99. The van der Waals surface area contributed by atoms with Gasteiger partial charge < -0.3 is 9.64 Å². The number of para-hydroxylation sites is 1. The Kier molecular flexibility index (Phi) is 7.27. The SMILES string of the molecule is CC[C@]12C=CC(=S)N(CCSc3ccccc3)[C@@H]1c1c(n(S(=O)(=O)c3ccc(OC)cc3)c3ccccc13)CC2. The van der Waals surface area contributed by atoms with Crippen LogP contribution in [0.5, 0.6) is 5.75 Å². The molecule has 0 bridgehead atoms. The van der Waals surface area contributed by atoms with Gasteiger partial charge in [0.25, 0.3) is 10.0 Å². The van der Waals surface area contributed by atoms with Crippen molar-refractivity contribution in [2.45, 2.75) is 42.0 Å². The molecule has 5 nitrogen and oxygen atoms in total. The van der Waals surface area contributed by atoms with Crippen molar-refractivity contribution in [2.75, 3.05) is 19.4 Å². The van der Waals surface area contributed by atoms with Crippen molar-refractivity contribution in [2.24, 2.45) is 5.41 Å². The highest BCUT2D eigenvalue weighted by Gasteiger charge is 2.49. The van der Waals surface area contributed by atoms with Gasteiger partial charge in [-0.05, 0) is 67.8 Å². The average molecular weight is 589 g/mol. The van der Waals surface area contributed by atoms with E-state index in [1.807, 2.05) is 36.0 Å². The van der Waals surface area contributed by atoms with E-state index in [1.54, 1.807) is 35.3 Å². The summed E-state index contributed by atoms with van der Waals surface area (Å²) in [4.78, 5) is 4.64. The van der Waals surface area contributed by atoms with Gasteiger partial charge in [-0.2, -0.15) is 0 Å². The van der Waals surface area contributed by atoms with Gasteiger partial charge in [0.2, 0.25) is 0 Å². The van der Waals surface area contributed by atoms with Crippen LogP contribution < -0.4 is 4.74 Å². The smallest absolute Gasteiger partial charge is 0.268 e. The minimum Gasteiger partial charge on any atom is -0.497 e. The lowest BCUT2D eigenvalue weighted by atomic mass is 9.65. The molecule has 2 heterocycles. The predicted octanol–water partition coefficient (Wildman–Crippen LogP) is 7.26. The number of thiocarbonyl (C=S) groups is 1. The molecule has 0 unspecified atom stereocenters. The first-order chi connectivity index (χ1) is 19.4. The van der Waals surface area contributed by atoms with Gasteiger partial charge in [0.15, 0.2) is 0 Å². The van der Waals surface area contributed by atoms with Crippen LogP contribution in [0.1, 0.15) is 37.1 Å². The summed E-state index contributed by atoms with van der Waals surface area (Å²) in [6.45, 7) is 3.01. The molecule has 206 valence electrons. The van der Waals surface area contributed by atoms with E-state index in [2.05, 4.69) is 54.3 Å². The number of thioether (sulfide) groups is 1. The Hall–Kier alpha value is -3.07. The number of benzene rings is 3. The van der Waals surface area contributed by atoms with E-state index in [1.165, 1.54) is 4.90 Å². The Balaban J connectivity index is 1.49. The van der Waals surface area contributed by atoms with Crippen molar-refractivity contribution >= 4 is 49.9 Å².